The van der Waals surface area contributed by atoms with E-state index in [1.807, 2.05) is 13.8 Å². The summed E-state index contributed by atoms with van der Waals surface area (Å²) in [5.74, 6) is -0.149. The molecule has 0 saturated heterocycles. The van der Waals surface area contributed by atoms with E-state index in [0.717, 1.165) is 0 Å². The second-order valence-electron chi connectivity index (χ2n) is 4.64. The average molecular weight is 256 g/mol. The number of carbonyl (C=O) groups is 2. The summed E-state index contributed by atoms with van der Waals surface area (Å²) in [6, 6.07) is -0.584. The third-order valence-corrected chi connectivity index (χ3v) is 2.45. The van der Waals surface area contributed by atoms with Gasteiger partial charge in [0.1, 0.15) is 0 Å². The van der Waals surface area contributed by atoms with Gasteiger partial charge in [0.15, 0.2) is 0 Å². The Hall–Kier alpha value is -1.36. The maximum atomic E-state index is 12.1. The van der Waals surface area contributed by atoms with E-state index in [0.29, 0.717) is 25.4 Å². The normalized spacial score (nSPS) is 12.1. The standard InChI is InChI=1S/C13H24N2O3/c1-5-6-11(14)13(17)15(9-10(2)3)8-7-12(16)18-4/h5,10-11H,1,6-9,14H2,2-4H3. The van der Waals surface area contributed by atoms with Crippen molar-refractivity contribution in [1.29, 1.82) is 0 Å². The van der Waals surface area contributed by atoms with Gasteiger partial charge in [-0.05, 0) is 12.3 Å². The highest BCUT2D eigenvalue weighted by Gasteiger charge is 2.21. The summed E-state index contributed by atoms with van der Waals surface area (Å²) in [7, 11) is 1.33. The van der Waals surface area contributed by atoms with E-state index in [9.17, 15) is 9.59 Å². The lowest BCUT2D eigenvalue weighted by Gasteiger charge is -2.26. The van der Waals surface area contributed by atoms with E-state index in [2.05, 4.69) is 11.3 Å². The van der Waals surface area contributed by atoms with Crippen molar-refractivity contribution >= 4 is 11.9 Å². The first-order chi connectivity index (χ1) is 8.42. The van der Waals surface area contributed by atoms with Crippen LogP contribution in [-0.4, -0.2) is 43.0 Å². The predicted octanol–water partition coefficient (Wildman–Crippen LogP) is 0.937. The number of esters is 1. The number of ether oxygens (including phenoxy) is 1. The molecule has 0 radical (unpaired) electrons. The van der Waals surface area contributed by atoms with Crippen LogP contribution in [0.1, 0.15) is 26.7 Å². The molecule has 0 aromatic carbocycles. The molecule has 1 amide bonds. The van der Waals surface area contributed by atoms with Gasteiger partial charge in [0.25, 0.3) is 0 Å². The number of carbonyl (C=O) groups excluding carboxylic acids is 2. The van der Waals surface area contributed by atoms with Gasteiger partial charge in [-0.3, -0.25) is 9.59 Å². The Morgan fingerprint density at radius 1 is 1.44 bits per heavy atom. The zero-order chi connectivity index (χ0) is 14.1. The number of hydrogen-bond acceptors (Lipinski definition) is 4. The van der Waals surface area contributed by atoms with Gasteiger partial charge in [-0.2, -0.15) is 0 Å². The van der Waals surface area contributed by atoms with Crippen LogP contribution in [0.25, 0.3) is 0 Å². The van der Waals surface area contributed by atoms with E-state index in [-0.39, 0.29) is 18.3 Å². The molecule has 18 heavy (non-hydrogen) atoms. The number of nitrogens with two attached hydrogens (primary N) is 1. The molecule has 0 bridgehead atoms. The molecule has 0 fully saturated rings. The van der Waals surface area contributed by atoms with Gasteiger partial charge in [0.05, 0.1) is 19.6 Å². The van der Waals surface area contributed by atoms with E-state index in [1.54, 1.807) is 11.0 Å². The van der Waals surface area contributed by atoms with Crippen LogP contribution in [0.2, 0.25) is 0 Å². The first-order valence-electron chi connectivity index (χ1n) is 6.14. The Bertz CT molecular complexity index is 290. The molecule has 0 spiro atoms. The second kappa shape index (κ2) is 8.69. The molecule has 5 nitrogen and oxygen atoms in total. The van der Waals surface area contributed by atoms with Gasteiger partial charge in [-0.1, -0.05) is 19.9 Å². The molecule has 2 N–H and O–H groups in total. The van der Waals surface area contributed by atoms with Crippen LogP contribution in [0.5, 0.6) is 0 Å². The number of rotatable bonds is 8. The largest absolute Gasteiger partial charge is 0.469 e. The van der Waals surface area contributed by atoms with Gasteiger partial charge >= 0.3 is 5.97 Å². The lowest BCUT2D eigenvalue weighted by Crippen LogP contribution is -2.45. The van der Waals surface area contributed by atoms with Crippen molar-refractivity contribution in [1.82, 2.24) is 4.90 Å². The number of nitrogens with zero attached hydrogens (tertiary/aromatic N) is 1. The summed E-state index contributed by atoms with van der Waals surface area (Å²) in [6.07, 6.45) is 2.25. The molecule has 1 atom stereocenters. The van der Waals surface area contributed by atoms with E-state index in [1.165, 1.54) is 7.11 Å². The van der Waals surface area contributed by atoms with Crippen LogP contribution in [0.4, 0.5) is 0 Å². The Morgan fingerprint density at radius 2 is 2.06 bits per heavy atom. The molecule has 0 aliphatic heterocycles. The Morgan fingerprint density at radius 3 is 2.50 bits per heavy atom. The first-order valence-corrected chi connectivity index (χ1v) is 6.14. The minimum Gasteiger partial charge on any atom is -0.469 e. The van der Waals surface area contributed by atoms with Crippen LogP contribution in [0.15, 0.2) is 12.7 Å². The van der Waals surface area contributed by atoms with Crippen LogP contribution in [-0.2, 0) is 14.3 Å². The molecule has 0 rings (SSSR count). The lowest BCUT2D eigenvalue weighted by atomic mass is 10.1. The summed E-state index contributed by atoms with van der Waals surface area (Å²) < 4.78 is 4.57. The van der Waals surface area contributed by atoms with Crippen LogP contribution < -0.4 is 5.73 Å². The molecule has 1 unspecified atom stereocenters. The van der Waals surface area contributed by atoms with Crippen molar-refractivity contribution in [3.05, 3.63) is 12.7 Å². The van der Waals surface area contributed by atoms with E-state index >= 15 is 0 Å². The van der Waals surface area contributed by atoms with Crippen LogP contribution >= 0.6 is 0 Å². The van der Waals surface area contributed by atoms with E-state index in [4.69, 9.17) is 5.73 Å². The van der Waals surface area contributed by atoms with Gasteiger partial charge in [0, 0.05) is 13.1 Å². The maximum absolute atomic E-state index is 12.1. The molecule has 104 valence electrons. The van der Waals surface area contributed by atoms with Crippen molar-refractivity contribution in [3.63, 3.8) is 0 Å². The monoisotopic (exact) mass is 256 g/mol. The molecule has 5 heteroatoms. The fourth-order valence-corrected chi connectivity index (χ4v) is 1.58. The van der Waals surface area contributed by atoms with E-state index < -0.39 is 6.04 Å². The fourth-order valence-electron chi connectivity index (χ4n) is 1.58. The molecule has 0 aliphatic carbocycles. The Balaban J connectivity index is 4.50. The van der Waals surface area contributed by atoms with Gasteiger partial charge in [0.2, 0.25) is 5.91 Å². The van der Waals surface area contributed by atoms with Gasteiger partial charge in [-0.25, -0.2) is 0 Å². The third kappa shape index (κ3) is 6.39. The highest BCUT2D eigenvalue weighted by molar-refractivity contribution is 5.82. The molecule has 0 saturated carbocycles. The van der Waals surface area contributed by atoms with Crippen molar-refractivity contribution in [2.75, 3.05) is 20.2 Å². The lowest BCUT2D eigenvalue weighted by molar-refractivity contribution is -0.142. The summed E-state index contributed by atoms with van der Waals surface area (Å²) in [6.45, 7) is 8.51. The predicted molar refractivity (Wildman–Crippen MR) is 70.8 cm³/mol. The second-order valence-corrected chi connectivity index (χ2v) is 4.64. The summed E-state index contributed by atoms with van der Waals surface area (Å²) in [4.78, 5) is 24.8. The Labute approximate surface area is 109 Å². The molecular formula is C13H24N2O3. The molecule has 0 aromatic heterocycles. The number of amides is 1. The summed E-state index contributed by atoms with van der Waals surface area (Å²) in [5, 5.41) is 0. The quantitative estimate of drug-likeness (QED) is 0.518. The number of methoxy groups -OCH3 is 1. The SMILES string of the molecule is C=CCC(N)C(=O)N(CCC(=O)OC)CC(C)C. The van der Waals surface area contributed by atoms with Crippen molar-refractivity contribution in [2.24, 2.45) is 11.7 Å². The van der Waals surface area contributed by atoms with Crippen molar-refractivity contribution < 1.29 is 14.3 Å². The minimum absolute atomic E-state index is 0.146. The first kappa shape index (κ1) is 16.6. The Kier molecular flexibility index (Phi) is 8.03. The average Bonchev–Trinajstić information content (AvgIpc) is 2.32. The van der Waals surface area contributed by atoms with Crippen molar-refractivity contribution in [2.45, 2.75) is 32.7 Å². The van der Waals surface area contributed by atoms with Crippen LogP contribution in [0, 0.1) is 5.92 Å². The molecule has 0 aliphatic rings. The molecule has 0 aromatic rings. The third-order valence-electron chi connectivity index (χ3n) is 2.45. The van der Waals surface area contributed by atoms with Crippen LogP contribution in [0.3, 0.4) is 0 Å². The zero-order valence-corrected chi connectivity index (χ0v) is 11.5. The summed E-state index contributed by atoms with van der Waals surface area (Å²) >= 11 is 0. The number of hydrogen-bond donors (Lipinski definition) is 1. The zero-order valence-electron chi connectivity index (χ0n) is 11.5. The molecule has 0 heterocycles. The highest BCUT2D eigenvalue weighted by atomic mass is 16.5. The summed E-state index contributed by atoms with van der Waals surface area (Å²) in [5.41, 5.74) is 5.76. The van der Waals surface area contributed by atoms with Gasteiger partial charge < -0.3 is 15.4 Å². The highest BCUT2D eigenvalue weighted by Crippen LogP contribution is 2.05. The molecular weight excluding hydrogens is 232 g/mol. The minimum atomic E-state index is -0.584. The maximum Gasteiger partial charge on any atom is 0.307 e. The fraction of sp³-hybridized carbons (Fsp3) is 0.692. The van der Waals surface area contributed by atoms with Gasteiger partial charge in [-0.15, -0.1) is 6.58 Å². The topological polar surface area (TPSA) is 72.6 Å². The van der Waals surface area contributed by atoms with Crippen molar-refractivity contribution in [3.8, 4) is 0 Å². The smallest absolute Gasteiger partial charge is 0.307 e.